The van der Waals surface area contributed by atoms with Crippen LogP contribution in [0.4, 0.5) is 5.69 Å². The van der Waals surface area contributed by atoms with E-state index in [2.05, 4.69) is 10.2 Å². The van der Waals surface area contributed by atoms with Gasteiger partial charge >= 0.3 is 0 Å². The van der Waals surface area contributed by atoms with Crippen molar-refractivity contribution in [2.24, 2.45) is 0 Å². The van der Waals surface area contributed by atoms with Gasteiger partial charge in [-0.05, 0) is 34.0 Å². The summed E-state index contributed by atoms with van der Waals surface area (Å²) in [6.45, 7) is 4.79. The molecular formula is C16H24ClN3O4S2. The lowest BCUT2D eigenvalue weighted by atomic mass is 10.1. The number of nitro benzene ring substituents is 1. The van der Waals surface area contributed by atoms with E-state index in [1.807, 2.05) is 14.1 Å². The quantitative estimate of drug-likeness (QED) is 0.253. The van der Waals surface area contributed by atoms with E-state index < -0.39 is 10.5 Å². The number of ether oxygens (including phenoxy) is 1. The van der Waals surface area contributed by atoms with Gasteiger partial charge in [-0.2, -0.15) is 0 Å². The summed E-state index contributed by atoms with van der Waals surface area (Å²) in [5.74, 6) is 1.77. The molecule has 0 saturated carbocycles. The van der Waals surface area contributed by atoms with Gasteiger partial charge in [-0.25, -0.2) is 0 Å². The molecule has 26 heavy (non-hydrogen) atoms. The maximum atomic E-state index is 12.3. The van der Waals surface area contributed by atoms with Crippen molar-refractivity contribution in [3.8, 4) is 5.75 Å². The van der Waals surface area contributed by atoms with Crippen LogP contribution in [0.25, 0.3) is 0 Å². The number of rotatable bonds is 11. The van der Waals surface area contributed by atoms with Crippen molar-refractivity contribution in [1.82, 2.24) is 10.2 Å². The average molecular weight is 422 g/mol. The molecule has 0 aliphatic heterocycles. The van der Waals surface area contributed by atoms with Crippen LogP contribution in [0.5, 0.6) is 5.75 Å². The Hall–Kier alpha value is -1.16. The summed E-state index contributed by atoms with van der Waals surface area (Å²) in [4.78, 5) is 24.6. The normalized spacial score (nSPS) is 11.5. The molecule has 0 saturated heterocycles. The number of carbonyl (C=O) groups excluding carboxylic acids is 1. The molecule has 1 rings (SSSR count). The van der Waals surface area contributed by atoms with Gasteiger partial charge in [-0.1, -0.05) is 33.2 Å². The van der Waals surface area contributed by atoms with Crippen molar-refractivity contribution >= 4 is 44.8 Å². The maximum absolute atomic E-state index is 12.3. The topological polar surface area (TPSA) is 84.7 Å². The number of nitrogens with zero attached hydrogens (tertiary/aromatic N) is 2. The van der Waals surface area contributed by atoms with E-state index in [0.717, 1.165) is 18.1 Å². The largest absolute Gasteiger partial charge is 0.476 e. The fourth-order valence-electron chi connectivity index (χ4n) is 1.76. The van der Waals surface area contributed by atoms with Gasteiger partial charge in [-0.15, -0.1) is 0 Å². The van der Waals surface area contributed by atoms with Crippen molar-refractivity contribution in [3.05, 3.63) is 33.3 Å². The van der Waals surface area contributed by atoms with Gasteiger partial charge in [0, 0.05) is 36.7 Å². The highest BCUT2D eigenvalue weighted by molar-refractivity contribution is 8.76. The van der Waals surface area contributed by atoms with Gasteiger partial charge in [-0.3, -0.25) is 14.9 Å². The molecule has 7 nitrogen and oxygen atoms in total. The highest BCUT2D eigenvalue weighted by Gasteiger charge is 2.30. The molecule has 1 aromatic carbocycles. The molecule has 1 aromatic rings. The zero-order valence-corrected chi connectivity index (χ0v) is 17.7. The summed E-state index contributed by atoms with van der Waals surface area (Å²) in [6, 6.07) is 3.88. The molecule has 0 unspecified atom stereocenters. The summed E-state index contributed by atoms with van der Waals surface area (Å²) in [5, 5.41) is 13.7. The Balaban J connectivity index is 2.44. The lowest BCUT2D eigenvalue weighted by molar-refractivity contribution is -0.384. The molecule has 146 valence electrons. The van der Waals surface area contributed by atoms with Gasteiger partial charge in [0.05, 0.1) is 9.95 Å². The van der Waals surface area contributed by atoms with E-state index in [1.54, 1.807) is 35.4 Å². The summed E-state index contributed by atoms with van der Waals surface area (Å²) in [5.41, 5.74) is -1.28. The number of amides is 1. The fourth-order valence-corrected chi connectivity index (χ4v) is 4.02. The predicted molar refractivity (Wildman–Crippen MR) is 109 cm³/mol. The maximum Gasteiger partial charge on any atom is 0.271 e. The van der Waals surface area contributed by atoms with Crippen LogP contribution in [0.2, 0.25) is 5.02 Å². The molecule has 0 aliphatic carbocycles. The summed E-state index contributed by atoms with van der Waals surface area (Å²) < 4.78 is 5.67. The Morgan fingerprint density at radius 2 is 2.00 bits per heavy atom. The first-order valence-electron chi connectivity index (χ1n) is 7.94. The molecule has 1 N–H and O–H groups in total. The van der Waals surface area contributed by atoms with E-state index in [9.17, 15) is 14.9 Å². The van der Waals surface area contributed by atoms with Gasteiger partial charge in [0.15, 0.2) is 5.60 Å². The first kappa shape index (κ1) is 22.9. The Kier molecular flexibility index (Phi) is 9.56. The third-order valence-electron chi connectivity index (χ3n) is 3.21. The van der Waals surface area contributed by atoms with Crippen molar-refractivity contribution in [3.63, 3.8) is 0 Å². The van der Waals surface area contributed by atoms with Crippen LogP contribution >= 0.6 is 33.2 Å². The lowest BCUT2D eigenvalue weighted by Gasteiger charge is -2.25. The molecule has 1 amide bonds. The number of non-ortho nitro benzene ring substituents is 1. The number of hydrogen-bond acceptors (Lipinski definition) is 7. The van der Waals surface area contributed by atoms with Gasteiger partial charge in [0.1, 0.15) is 5.75 Å². The number of benzene rings is 1. The number of carbonyl (C=O) groups is 1. The van der Waals surface area contributed by atoms with E-state index in [0.29, 0.717) is 6.54 Å². The first-order valence-corrected chi connectivity index (χ1v) is 10.8. The molecule has 0 bridgehead atoms. The van der Waals surface area contributed by atoms with Crippen LogP contribution in [0, 0.1) is 10.1 Å². The number of hydrogen-bond donors (Lipinski definition) is 1. The van der Waals surface area contributed by atoms with E-state index in [-0.39, 0.29) is 22.4 Å². The highest BCUT2D eigenvalue weighted by atomic mass is 35.5. The zero-order chi connectivity index (χ0) is 19.7. The van der Waals surface area contributed by atoms with Crippen molar-refractivity contribution < 1.29 is 14.5 Å². The molecular weight excluding hydrogens is 398 g/mol. The summed E-state index contributed by atoms with van der Waals surface area (Å²) >= 11 is 6.01. The summed E-state index contributed by atoms with van der Waals surface area (Å²) in [6.07, 6.45) is 0. The van der Waals surface area contributed by atoms with Crippen molar-refractivity contribution in [1.29, 1.82) is 0 Å². The molecule has 0 radical (unpaired) electrons. The molecule has 0 heterocycles. The predicted octanol–water partition coefficient (Wildman–Crippen LogP) is 3.46. The average Bonchev–Trinajstić information content (AvgIpc) is 2.54. The number of halogens is 1. The summed E-state index contributed by atoms with van der Waals surface area (Å²) in [7, 11) is 7.54. The molecule has 0 atom stereocenters. The van der Waals surface area contributed by atoms with E-state index in [4.69, 9.17) is 16.3 Å². The Morgan fingerprint density at radius 1 is 1.35 bits per heavy atom. The van der Waals surface area contributed by atoms with E-state index >= 15 is 0 Å². The second-order valence-electron chi connectivity index (χ2n) is 6.19. The lowest BCUT2D eigenvalue weighted by Crippen LogP contribution is -2.47. The van der Waals surface area contributed by atoms with Gasteiger partial charge < -0.3 is 15.0 Å². The Bertz CT molecular complexity index is 630. The van der Waals surface area contributed by atoms with Crippen LogP contribution in [-0.4, -0.2) is 60.0 Å². The van der Waals surface area contributed by atoms with E-state index in [1.165, 1.54) is 18.2 Å². The minimum Gasteiger partial charge on any atom is -0.476 e. The number of nitrogens with one attached hydrogen (secondary N) is 1. The van der Waals surface area contributed by atoms with Gasteiger partial charge in [0.25, 0.3) is 11.6 Å². The third kappa shape index (κ3) is 8.03. The first-order chi connectivity index (χ1) is 12.1. The van der Waals surface area contributed by atoms with Crippen molar-refractivity contribution in [2.45, 2.75) is 19.4 Å². The molecule has 0 aromatic heterocycles. The van der Waals surface area contributed by atoms with Crippen molar-refractivity contribution in [2.75, 3.05) is 38.7 Å². The minimum absolute atomic E-state index is 0.0907. The molecule has 10 heteroatoms. The smallest absolute Gasteiger partial charge is 0.271 e. The van der Waals surface area contributed by atoms with Crippen LogP contribution in [-0.2, 0) is 4.79 Å². The monoisotopic (exact) mass is 421 g/mol. The second-order valence-corrected chi connectivity index (χ2v) is 9.30. The minimum atomic E-state index is -1.15. The zero-order valence-electron chi connectivity index (χ0n) is 15.3. The number of nitro groups is 1. The van der Waals surface area contributed by atoms with Crippen LogP contribution in [0.1, 0.15) is 13.8 Å². The Labute approximate surface area is 166 Å². The molecule has 0 spiro atoms. The van der Waals surface area contributed by atoms with Crippen LogP contribution < -0.4 is 10.1 Å². The van der Waals surface area contributed by atoms with Crippen LogP contribution in [0.15, 0.2) is 18.2 Å². The molecule has 0 fully saturated rings. The Morgan fingerprint density at radius 3 is 2.58 bits per heavy atom. The SMILES string of the molecule is CN(C)CCSSCCNC(=O)C(C)(C)Oc1ccc([N+](=O)[O-])cc1Cl. The molecule has 0 aliphatic rings. The standard InChI is InChI=1S/C16H24ClN3O4S2/c1-16(2,15(21)18-7-9-25-26-10-8-19(3)4)24-14-6-5-12(20(22)23)11-13(14)17/h5-6,11H,7-10H2,1-4H3,(H,18,21). The fraction of sp³-hybridized carbons (Fsp3) is 0.562. The van der Waals surface area contributed by atoms with Gasteiger partial charge in [0.2, 0.25) is 0 Å². The van der Waals surface area contributed by atoms with Crippen LogP contribution in [0.3, 0.4) is 0 Å². The second kappa shape index (κ2) is 10.9. The highest BCUT2D eigenvalue weighted by Crippen LogP contribution is 2.31. The third-order valence-corrected chi connectivity index (χ3v) is 5.90.